The maximum absolute atomic E-state index is 11.1. The zero-order valence-electron chi connectivity index (χ0n) is 13.8. The van der Waals surface area contributed by atoms with Gasteiger partial charge in [0, 0.05) is 44.5 Å². The summed E-state index contributed by atoms with van der Waals surface area (Å²) in [5.74, 6) is 1.82. The van der Waals surface area contributed by atoms with E-state index in [0.717, 1.165) is 32.6 Å². The molecule has 2 aliphatic heterocycles. The molecule has 1 amide bonds. The first kappa shape index (κ1) is 15.0. The first-order valence-corrected chi connectivity index (χ1v) is 8.75. The van der Waals surface area contributed by atoms with Crippen LogP contribution in [-0.4, -0.2) is 62.8 Å². The van der Waals surface area contributed by atoms with Crippen LogP contribution in [0.1, 0.15) is 43.8 Å². The summed E-state index contributed by atoms with van der Waals surface area (Å²) in [6, 6.07) is 0.672. The highest BCUT2D eigenvalue weighted by atomic mass is 16.4. The second-order valence-electron chi connectivity index (χ2n) is 7.72. The van der Waals surface area contributed by atoms with E-state index in [1.54, 1.807) is 4.90 Å². The number of imidazole rings is 1. The van der Waals surface area contributed by atoms with Gasteiger partial charge in [0.05, 0.1) is 0 Å². The molecule has 1 aromatic heterocycles. The molecule has 0 aromatic carbocycles. The predicted molar refractivity (Wildman–Crippen MR) is 86.4 cm³/mol. The molecule has 4 rings (SSSR count). The molecule has 0 atom stereocenters. The summed E-state index contributed by atoms with van der Waals surface area (Å²) < 4.78 is 2.15. The summed E-state index contributed by atoms with van der Waals surface area (Å²) in [7, 11) is 2.08. The first-order valence-electron chi connectivity index (χ1n) is 8.75. The van der Waals surface area contributed by atoms with Crippen LogP contribution >= 0.6 is 0 Å². The Morgan fingerprint density at radius 2 is 2.04 bits per heavy atom. The fraction of sp³-hybridized carbons (Fsp3) is 0.765. The average molecular weight is 318 g/mol. The number of aryl methyl sites for hydroxylation is 1. The molecule has 1 spiro atoms. The van der Waals surface area contributed by atoms with E-state index in [1.165, 1.54) is 31.5 Å². The van der Waals surface area contributed by atoms with Crippen molar-refractivity contribution >= 4 is 6.09 Å². The molecule has 1 aromatic rings. The van der Waals surface area contributed by atoms with Crippen molar-refractivity contribution in [2.45, 2.75) is 44.1 Å². The lowest BCUT2D eigenvalue weighted by molar-refractivity contribution is -0.00431. The van der Waals surface area contributed by atoms with E-state index >= 15 is 0 Å². The van der Waals surface area contributed by atoms with Crippen LogP contribution in [0.4, 0.5) is 4.79 Å². The lowest BCUT2D eigenvalue weighted by Crippen LogP contribution is -2.54. The molecule has 23 heavy (non-hydrogen) atoms. The van der Waals surface area contributed by atoms with Crippen LogP contribution in [0.3, 0.4) is 0 Å². The van der Waals surface area contributed by atoms with E-state index in [9.17, 15) is 4.79 Å². The standard InChI is InChI=1S/C17H26N4O2/c1-19-9-5-18-15(19)13-2-6-20(7-3-13)14-10-17(11-14)4-8-21(12-17)16(22)23/h5,9,13-14H,2-4,6-8,10-12H2,1H3,(H,22,23). The fourth-order valence-electron chi connectivity index (χ4n) is 4.92. The molecule has 1 N–H and O–H groups in total. The minimum absolute atomic E-state index is 0.291. The Morgan fingerprint density at radius 3 is 2.61 bits per heavy atom. The van der Waals surface area contributed by atoms with Gasteiger partial charge in [-0.25, -0.2) is 9.78 Å². The van der Waals surface area contributed by atoms with Gasteiger partial charge in [0.1, 0.15) is 5.82 Å². The van der Waals surface area contributed by atoms with Crippen LogP contribution in [0.2, 0.25) is 0 Å². The van der Waals surface area contributed by atoms with Crippen LogP contribution in [-0.2, 0) is 7.05 Å². The Balaban J connectivity index is 1.28. The molecule has 1 saturated carbocycles. The van der Waals surface area contributed by atoms with Gasteiger partial charge in [-0.15, -0.1) is 0 Å². The maximum atomic E-state index is 11.1. The van der Waals surface area contributed by atoms with Crippen molar-refractivity contribution < 1.29 is 9.90 Å². The van der Waals surface area contributed by atoms with Crippen molar-refractivity contribution in [3.05, 3.63) is 18.2 Å². The van der Waals surface area contributed by atoms with Gasteiger partial charge in [0.2, 0.25) is 0 Å². The van der Waals surface area contributed by atoms with Gasteiger partial charge in [0.25, 0.3) is 0 Å². The Labute approximate surface area is 137 Å². The summed E-state index contributed by atoms with van der Waals surface area (Å²) >= 11 is 0. The molecule has 0 radical (unpaired) electrons. The number of amides is 1. The number of hydrogen-bond acceptors (Lipinski definition) is 3. The molecule has 6 nitrogen and oxygen atoms in total. The predicted octanol–water partition coefficient (Wildman–Crippen LogP) is 2.13. The largest absolute Gasteiger partial charge is 0.465 e. The van der Waals surface area contributed by atoms with Crippen molar-refractivity contribution in [3.8, 4) is 0 Å². The van der Waals surface area contributed by atoms with Gasteiger partial charge in [-0.3, -0.25) is 0 Å². The topological polar surface area (TPSA) is 61.6 Å². The van der Waals surface area contributed by atoms with Crippen LogP contribution < -0.4 is 0 Å². The lowest BCUT2D eigenvalue weighted by atomic mass is 9.64. The first-order chi connectivity index (χ1) is 11.1. The van der Waals surface area contributed by atoms with Crippen molar-refractivity contribution in [2.75, 3.05) is 26.2 Å². The summed E-state index contributed by atoms with van der Waals surface area (Å²) in [5.41, 5.74) is 0.291. The molecule has 3 fully saturated rings. The highest BCUT2D eigenvalue weighted by Crippen LogP contribution is 2.50. The van der Waals surface area contributed by atoms with Gasteiger partial charge in [-0.05, 0) is 50.6 Å². The average Bonchev–Trinajstić information content (AvgIpc) is 3.12. The van der Waals surface area contributed by atoms with Crippen molar-refractivity contribution in [3.63, 3.8) is 0 Å². The number of piperidine rings is 1. The SMILES string of the molecule is Cn1ccnc1C1CCN(C2CC3(CCN(C(=O)O)C3)C2)CC1. The van der Waals surface area contributed by atoms with Crippen molar-refractivity contribution in [1.82, 2.24) is 19.4 Å². The Kier molecular flexibility index (Phi) is 3.59. The normalized spacial score (nSPS) is 32.4. The third kappa shape index (κ3) is 2.63. The summed E-state index contributed by atoms with van der Waals surface area (Å²) in [6.45, 7) is 3.79. The Hall–Kier alpha value is -1.56. The molecular weight excluding hydrogens is 292 g/mol. The number of carbonyl (C=O) groups is 1. The highest BCUT2D eigenvalue weighted by Gasteiger charge is 2.51. The zero-order chi connectivity index (χ0) is 16.0. The van der Waals surface area contributed by atoms with E-state index in [1.807, 2.05) is 12.4 Å². The van der Waals surface area contributed by atoms with Crippen LogP contribution in [0.5, 0.6) is 0 Å². The highest BCUT2D eigenvalue weighted by molar-refractivity contribution is 5.65. The summed E-state index contributed by atoms with van der Waals surface area (Å²) in [4.78, 5) is 19.8. The van der Waals surface area contributed by atoms with E-state index < -0.39 is 6.09 Å². The molecule has 3 aliphatic rings. The smallest absolute Gasteiger partial charge is 0.407 e. The Morgan fingerprint density at radius 1 is 1.30 bits per heavy atom. The Bertz CT molecular complexity index is 585. The van der Waals surface area contributed by atoms with Crippen LogP contribution in [0.25, 0.3) is 0 Å². The molecule has 3 heterocycles. The second kappa shape index (κ2) is 5.51. The van der Waals surface area contributed by atoms with E-state index in [0.29, 0.717) is 17.4 Å². The number of likely N-dealkylation sites (tertiary alicyclic amines) is 2. The molecule has 126 valence electrons. The number of hydrogen-bond donors (Lipinski definition) is 1. The van der Waals surface area contributed by atoms with Crippen molar-refractivity contribution in [2.24, 2.45) is 12.5 Å². The maximum Gasteiger partial charge on any atom is 0.407 e. The third-order valence-corrected chi connectivity index (χ3v) is 6.32. The van der Waals surface area contributed by atoms with Gasteiger partial charge in [-0.2, -0.15) is 0 Å². The van der Waals surface area contributed by atoms with Gasteiger partial charge in [-0.1, -0.05) is 0 Å². The molecule has 2 saturated heterocycles. The van der Waals surface area contributed by atoms with E-state index in [2.05, 4.69) is 21.5 Å². The zero-order valence-corrected chi connectivity index (χ0v) is 13.8. The van der Waals surface area contributed by atoms with Crippen LogP contribution in [0, 0.1) is 5.41 Å². The minimum atomic E-state index is -0.749. The summed E-state index contributed by atoms with van der Waals surface area (Å²) in [5, 5.41) is 9.13. The number of aromatic nitrogens is 2. The third-order valence-electron chi connectivity index (χ3n) is 6.32. The van der Waals surface area contributed by atoms with Gasteiger partial charge >= 0.3 is 6.09 Å². The van der Waals surface area contributed by atoms with E-state index in [4.69, 9.17) is 5.11 Å². The number of nitrogens with zero attached hydrogens (tertiary/aromatic N) is 4. The molecule has 0 unspecified atom stereocenters. The lowest BCUT2D eigenvalue weighted by Gasteiger charge is -2.51. The molecule has 0 bridgehead atoms. The number of carboxylic acid groups (broad SMARTS) is 1. The summed E-state index contributed by atoms with van der Waals surface area (Å²) in [6.07, 6.45) is 8.98. The van der Waals surface area contributed by atoms with Crippen LogP contribution in [0.15, 0.2) is 12.4 Å². The van der Waals surface area contributed by atoms with Crippen molar-refractivity contribution in [1.29, 1.82) is 0 Å². The van der Waals surface area contributed by atoms with Gasteiger partial charge < -0.3 is 19.5 Å². The molecular formula is C17H26N4O2. The monoisotopic (exact) mass is 318 g/mol. The quantitative estimate of drug-likeness (QED) is 0.907. The second-order valence-corrected chi connectivity index (χ2v) is 7.72. The molecule has 6 heteroatoms. The number of rotatable bonds is 2. The minimum Gasteiger partial charge on any atom is -0.465 e. The molecule has 1 aliphatic carbocycles. The fourth-order valence-corrected chi connectivity index (χ4v) is 4.92. The van der Waals surface area contributed by atoms with E-state index in [-0.39, 0.29) is 0 Å². The van der Waals surface area contributed by atoms with Gasteiger partial charge in [0.15, 0.2) is 0 Å².